The first-order valence-corrected chi connectivity index (χ1v) is 12.9. The summed E-state index contributed by atoms with van der Waals surface area (Å²) in [4.78, 5) is 13.2. The van der Waals surface area contributed by atoms with Crippen molar-refractivity contribution in [2.45, 2.75) is 19.0 Å². The number of benzene rings is 3. The molecule has 1 fully saturated rings. The van der Waals surface area contributed by atoms with Gasteiger partial charge in [-0.25, -0.2) is 0 Å². The summed E-state index contributed by atoms with van der Waals surface area (Å²) in [5, 5.41) is 6.75. The van der Waals surface area contributed by atoms with E-state index in [2.05, 4.69) is 26.6 Å². The number of carbonyl (C=O) groups excluding carboxylic acids is 1. The van der Waals surface area contributed by atoms with E-state index in [4.69, 9.17) is 25.8 Å². The molecule has 4 rings (SSSR count). The Bertz CT molecular complexity index is 1240. The van der Waals surface area contributed by atoms with E-state index in [1.165, 1.54) is 11.8 Å². The number of hydrogen-bond acceptors (Lipinski definition) is 6. The number of thioether (sulfide) groups is 1. The fraction of sp³-hybridized carbons (Fsp3) is 0.192. The van der Waals surface area contributed by atoms with Crippen LogP contribution >= 0.6 is 39.3 Å². The van der Waals surface area contributed by atoms with Crippen LogP contribution in [0.3, 0.4) is 0 Å². The molecule has 1 atom stereocenters. The lowest BCUT2D eigenvalue weighted by Crippen LogP contribution is -2.31. The minimum absolute atomic E-state index is 0.165. The van der Waals surface area contributed by atoms with Gasteiger partial charge in [0.05, 0.1) is 24.3 Å². The van der Waals surface area contributed by atoms with Gasteiger partial charge in [0.1, 0.15) is 12.4 Å². The Labute approximate surface area is 222 Å². The second-order valence-electron chi connectivity index (χ2n) is 7.52. The molecule has 182 valence electrons. The minimum atomic E-state index is -0.360. The van der Waals surface area contributed by atoms with E-state index < -0.39 is 0 Å². The maximum atomic E-state index is 12.6. The highest BCUT2D eigenvalue weighted by atomic mass is 79.9. The number of amides is 1. The molecule has 0 aliphatic carbocycles. The Morgan fingerprint density at radius 3 is 2.57 bits per heavy atom. The quantitative estimate of drug-likeness (QED) is 0.277. The van der Waals surface area contributed by atoms with Crippen molar-refractivity contribution in [2.24, 2.45) is 0 Å². The highest BCUT2D eigenvalue weighted by Crippen LogP contribution is 2.36. The maximum absolute atomic E-state index is 12.6. The molecule has 1 amide bonds. The molecule has 0 saturated carbocycles. The van der Waals surface area contributed by atoms with Gasteiger partial charge in [-0.1, -0.05) is 57.5 Å². The molecular formula is C26H24BrClN2O4S. The molecule has 0 bridgehead atoms. The fourth-order valence-corrected chi connectivity index (χ4v) is 4.81. The van der Waals surface area contributed by atoms with Crippen LogP contribution in [0.25, 0.3) is 6.08 Å². The number of halogens is 2. The van der Waals surface area contributed by atoms with E-state index in [0.717, 1.165) is 15.6 Å². The monoisotopic (exact) mass is 574 g/mol. The molecular weight excluding hydrogens is 552 g/mol. The zero-order chi connectivity index (χ0) is 24.8. The van der Waals surface area contributed by atoms with Crippen LogP contribution in [0.4, 0.5) is 5.69 Å². The molecule has 1 heterocycles. The minimum Gasteiger partial charge on any atom is -0.495 e. The summed E-state index contributed by atoms with van der Waals surface area (Å²) >= 11 is 10.9. The summed E-state index contributed by atoms with van der Waals surface area (Å²) in [7, 11) is 1.59. The second-order valence-corrected chi connectivity index (χ2v) is 10.0. The summed E-state index contributed by atoms with van der Waals surface area (Å²) < 4.78 is 18.2. The highest BCUT2D eigenvalue weighted by molar-refractivity contribution is 9.10. The third kappa shape index (κ3) is 6.66. The predicted molar refractivity (Wildman–Crippen MR) is 145 cm³/mol. The second kappa shape index (κ2) is 11.7. The van der Waals surface area contributed by atoms with Gasteiger partial charge in [-0.2, -0.15) is 0 Å². The third-order valence-corrected chi connectivity index (χ3v) is 6.84. The summed E-state index contributed by atoms with van der Waals surface area (Å²) in [6.45, 7) is 2.84. The van der Waals surface area contributed by atoms with E-state index in [-0.39, 0.29) is 11.4 Å². The van der Waals surface area contributed by atoms with Gasteiger partial charge in [0.15, 0.2) is 17.0 Å². The van der Waals surface area contributed by atoms with Gasteiger partial charge in [-0.15, -0.1) is 0 Å². The molecule has 1 aliphatic heterocycles. The van der Waals surface area contributed by atoms with Crippen LogP contribution in [0.1, 0.15) is 18.1 Å². The van der Waals surface area contributed by atoms with Crippen LogP contribution in [-0.2, 0) is 11.4 Å². The van der Waals surface area contributed by atoms with Crippen molar-refractivity contribution in [1.82, 2.24) is 5.32 Å². The van der Waals surface area contributed by atoms with Gasteiger partial charge in [0.25, 0.3) is 5.91 Å². The lowest BCUT2D eigenvalue weighted by Gasteiger charge is -2.15. The first-order chi connectivity index (χ1) is 16.9. The Morgan fingerprint density at radius 1 is 1.06 bits per heavy atom. The van der Waals surface area contributed by atoms with Crippen LogP contribution < -0.4 is 24.8 Å². The molecule has 1 unspecified atom stereocenters. The molecule has 0 spiro atoms. The molecule has 6 nitrogen and oxygen atoms in total. The van der Waals surface area contributed by atoms with Crippen molar-refractivity contribution in [3.63, 3.8) is 0 Å². The molecule has 35 heavy (non-hydrogen) atoms. The molecule has 9 heteroatoms. The molecule has 0 radical (unpaired) electrons. The maximum Gasteiger partial charge on any atom is 0.260 e. The number of methoxy groups -OCH3 is 1. The Balaban J connectivity index is 1.47. The van der Waals surface area contributed by atoms with E-state index in [1.54, 1.807) is 25.3 Å². The van der Waals surface area contributed by atoms with E-state index >= 15 is 0 Å². The Morgan fingerprint density at radius 2 is 1.83 bits per heavy atom. The Hall–Kier alpha value is -2.81. The number of anilines is 1. The Kier molecular flexibility index (Phi) is 8.49. The molecule has 3 aromatic carbocycles. The SMILES string of the molecule is CCOc1cc(/C=C2\SC(Nc3cc(Cl)ccc3OC)NC2=O)ccc1OCc1ccc(Br)cc1. The van der Waals surface area contributed by atoms with E-state index in [1.807, 2.05) is 55.5 Å². The number of nitrogens with one attached hydrogen (secondary N) is 2. The lowest BCUT2D eigenvalue weighted by molar-refractivity contribution is -0.116. The average Bonchev–Trinajstić information content (AvgIpc) is 3.18. The molecule has 2 N–H and O–H groups in total. The van der Waals surface area contributed by atoms with Crippen LogP contribution in [0.2, 0.25) is 5.02 Å². The van der Waals surface area contributed by atoms with Crippen molar-refractivity contribution in [3.8, 4) is 17.2 Å². The van der Waals surface area contributed by atoms with Gasteiger partial charge < -0.3 is 24.8 Å². The molecule has 3 aromatic rings. The fourth-order valence-electron chi connectivity index (χ4n) is 3.39. The first-order valence-electron chi connectivity index (χ1n) is 10.9. The van der Waals surface area contributed by atoms with Gasteiger partial charge >= 0.3 is 0 Å². The van der Waals surface area contributed by atoms with Crippen LogP contribution in [-0.4, -0.2) is 25.1 Å². The van der Waals surface area contributed by atoms with Crippen LogP contribution in [0.5, 0.6) is 17.2 Å². The number of ether oxygens (including phenoxy) is 3. The van der Waals surface area contributed by atoms with Crippen molar-refractivity contribution in [2.75, 3.05) is 19.0 Å². The summed E-state index contributed by atoms with van der Waals surface area (Å²) in [5.41, 5.74) is 2.23. The van der Waals surface area contributed by atoms with Crippen LogP contribution in [0, 0.1) is 0 Å². The van der Waals surface area contributed by atoms with Crippen molar-refractivity contribution in [1.29, 1.82) is 0 Å². The van der Waals surface area contributed by atoms with Gasteiger partial charge in [0, 0.05) is 9.50 Å². The lowest BCUT2D eigenvalue weighted by atomic mass is 10.2. The number of rotatable bonds is 9. The summed E-state index contributed by atoms with van der Waals surface area (Å²) in [6.07, 6.45) is 1.83. The molecule has 1 aliphatic rings. The normalized spacial score (nSPS) is 16.2. The smallest absolute Gasteiger partial charge is 0.260 e. The molecule has 0 aromatic heterocycles. The highest BCUT2D eigenvalue weighted by Gasteiger charge is 2.28. The first kappa shape index (κ1) is 25.3. The average molecular weight is 576 g/mol. The standard InChI is InChI=1S/C26H24BrClN2O4S/c1-3-33-23-12-17(6-10-22(23)34-15-16-4-7-18(27)8-5-16)13-24-25(31)30-26(35-24)29-20-14-19(28)9-11-21(20)32-2/h4-14,26,29H,3,15H2,1-2H3,(H,30,31)/b24-13-. The van der Waals surface area contributed by atoms with Crippen molar-refractivity contribution in [3.05, 3.63) is 86.2 Å². The number of hydrogen-bond donors (Lipinski definition) is 2. The van der Waals surface area contributed by atoms with Gasteiger partial charge in [0.2, 0.25) is 0 Å². The number of carbonyl (C=O) groups is 1. The zero-order valence-corrected chi connectivity index (χ0v) is 22.3. The zero-order valence-electron chi connectivity index (χ0n) is 19.1. The molecule has 1 saturated heterocycles. The van der Waals surface area contributed by atoms with Crippen LogP contribution in [0.15, 0.2) is 70.0 Å². The predicted octanol–water partition coefficient (Wildman–Crippen LogP) is 6.69. The largest absolute Gasteiger partial charge is 0.495 e. The summed E-state index contributed by atoms with van der Waals surface area (Å²) in [5.74, 6) is 1.75. The van der Waals surface area contributed by atoms with E-state index in [9.17, 15) is 4.79 Å². The van der Waals surface area contributed by atoms with Gasteiger partial charge in [-0.3, -0.25) is 4.79 Å². The third-order valence-electron chi connectivity index (χ3n) is 5.05. The van der Waals surface area contributed by atoms with Crippen molar-refractivity contribution < 1.29 is 19.0 Å². The topological polar surface area (TPSA) is 68.8 Å². The van der Waals surface area contributed by atoms with Gasteiger partial charge in [-0.05, 0) is 66.6 Å². The van der Waals surface area contributed by atoms with Crippen molar-refractivity contribution >= 4 is 57.0 Å². The summed E-state index contributed by atoms with van der Waals surface area (Å²) in [6, 6.07) is 18.9. The van der Waals surface area contributed by atoms with E-state index in [0.29, 0.717) is 46.1 Å².